The van der Waals surface area contributed by atoms with Gasteiger partial charge in [0.2, 0.25) is 0 Å². The third-order valence-corrected chi connectivity index (χ3v) is 4.58. The van der Waals surface area contributed by atoms with Crippen LogP contribution in [0.25, 0.3) is 0 Å². The van der Waals surface area contributed by atoms with Gasteiger partial charge >= 0.3 is 0 Å². The van der Waals surface area contributed by atoms with Gasteiger partial charge in [-0.15, -0.1) is 0 Å². The lowest BCUT2D eigenvalue weighted by Crippen LogP contribution is -2.53. The molecule has 2 aromatic rings. The second kappa shape index (κ2) is 7.85. The molecule has 0 radical (unpaired) electrons. The monoisotopic (exact) mass is 363 g/mol. The van der Waals surface area contributed by atoms with E-state index in [-0.39, 0.29) is 6.10 Å². The quantitative estimate of drug-likeness (QED) is 0.751. The molecular formula is C19H22ClNO4. The van der Waals surface area contributed by atoms with Crippen molar-refractivity contribution < 1.29 is 18.9 Å². The van der Waals surface area contributed by atoms with Crippen molar-refractivity contribution in [1.82, 2.24) is 4.90 Å². The average Bonchev–Trinajstić information content (AvgIpc) is 2.61. The molecule has 1 aliphatic heterocycles. The number of benzene rings is 2. The summed E-state index contributed by atoms with van der Waals surface area (Å²) in [7, 11) is 4.87. The summed E-state index contributed by atoms with van der Waals surface area (Å²) in [6.07, 6.45) is 0.148. The minimum atomic E-state index is 0.148. The predicted molar refractivity (Wildman–Crippen MR) is 97.2 cm³/mol. The summed E-state index contributed by atoms with van der Waals surface area (Å²) < 4.78 is 21.9. The van der Waals surface area contributed by atoms with Crippen LogP contribution in [-0.2, 0) is 6.54 Å². The highest BCUT2D eigenvalue weighted by Gasteiger charge is 2.29. The molecule has 0 bridgehead atoms. The standard InChI is InChI=1S/C19H22ClNO4/c1-22-16-6-4-5-7-17(16)25-14-11-21(12-14)10-13-8-18(23-2)19(24-3)9-15(13)20/h4-9,14H,10-12H2,1-3H3. The molecule has 0 aliphatic carbocycles. The maximum atomic E-state index is 6.36. The number of hydrogen-bond donors (Lipinski definition) is 0. The van der Waals surface area contributed by atoms with E-state index in [0.29, 0.717) is 16.5 Å². The molecule has 2 aromatic carbocycles. The minimum absolute atomic E-state index is 0.148. The van der Waals surface area contributed by atoms with E-state index in [1.54, 1.807) is 27.4 Å². The van der Waals surface area contributed by atoms with Gasteiger partial charge in [-0.3, -0.25) is 4.90 Å². The van der Waals surface area contributed by atoms with Crippen molar-refractivity contribution in [2.45, 2.75) is 12.6 Å². The zero-order valence-electron chi connectivity index (χ0n) is 14.6. The molecule has 1 heterocycles. The zero-order valence-corrected chi connectivity index (χ0v) is 15.4. The van der Waals surface area contributed by atoms with Crippen LogP contribution in [0.3, 0.4) is 0 Å². The summed E-state index contributed by atoms with van der Waals surface area (Å²) in [5, 5.41) is 0.673. The van der Waals surface area contributed by atoms with Crippen LogP contribution in [-0.4, -0.2) is 45.4 Å². The summed E-state index contributed by atoms with van der Waals surface area (Å²) in [5.74, 6) is 2.85. The van der Waals surface area contributed by atoms with Gasteiger partial charge in [-0.1, -0.05) is 23.7 Å². The SMILES string of the molecule is COc1cc(Cl)c(CN2CC(Oc3ccccc3OC)C2)cc1OC. The number of rotatable bonds is 7. The summed E-state index contributed by atoms with van der Waals surface area (Å²) in [6, 6.07) is 11.4. The van der Waals surface area contributed by atoms with Gasteiger partial charge in [0.1, 0.15) is 6.10 Å². The highest BCUT2D eigenvalue weighted by molar-refractivity contribution is 6.31. The maximum absolute atomic E-state index is 6.36. The topological polar surface area (TPSA) is 40.2 Å². The van der Waals surface area contributed by atoms with Gasteiger partial charge in [-0.25, -0.2) is 0 Å². The Morgan fingerprint density at radius 3 is 2.16 bits per heavy atom. The van der Waals surface area contributed by atoms with Crippen molar-refractivity contribution in [3.8, 4) is 23.0 Å². The molecule has 0 atom stereocenters. The van der Waals surface area contributed by atoms with Crippen molar-refractivity contribution >= 4 is 11.6 Å². The summed E-state index contributed by atoms with van der Waals surface area (Å²) >= 11 is 6.36. The molecule has 1 aliphatic rings. The first-order chi connectivity index (χ1) is 12.1. The first kappa shape index (κ1) is 17.7. The molecule has 0 amide bonds. The Hall–Kier alpha value is -2.11. The Labute approximate surface area is 153 Å². The van der Waals surface area contributed by atoms with Crippen LogP contribution in [0.15, 0.2) is 36.4 Å². The second-order valence-electron chi connectivity index (χ2n) is 5.88. The molecule has 0 saturated carbocycles. The van der Waals surface area contributed by atoms with Crippen LogP contribution in [0.1, 0.15) is 5.56 Å². The third kappa shape index (κ3) is 3.94. The van der Waals surface area contributed by atoms with E-state index in [1.807, 2.05) is 30.3 Å². The maximum Gasteiger partial charge on any atom is 0.162 e. The van der Waals surface area contributed by atoms with Gasteiger partial charge in [-0.2, -0.15) is 0 Å². The Morgan fingerprint density at radius 1 is 0.920 bits per heavy atom. The van der Waals surface area contributed by atoms with Crippen molar-refractivity contribution in [3.63, 3.8) is 0 Å². The first-order valence-corrected chi connectivity index (χ1v) is 8.44. The lowest BCUT2D eigenvalue weighted by molar-refractivity contribution is 0.0131. The van der Waals surface area contributed by atoms with Crippen LogP contribution in [0.5, 0.6) is 23.0 Å². The van der Waals surface area contributed by atoms with E-state index in [1.165, 1.54) is 0 Å². The van der Waals surface area contributed by atoms with Gasteiger partial charge < -0.3 is 18.9 Å². The molecule has 0 unspecified atom stereocenters. The normalized spacial score (nSPS) is 14.7. The van der Waals surface area contributed by atoms with Crippen LogP contribution in [0, 0.1) is 0 Å². The third-order valence-electron chi connectivity index (χ3n) is 4.23. The van der Waals surface area contributed by atoms with E-state index in [4.69, 9.17) is 30.5 Å². The number of halogens is 1. The number of para-hydroxylation sites is 2. The highest BCUT2D eigenvalue weighted by Crippen LogP contribution is 2.35. The fourth-order valence-corrected chi connectivity index (χ4v) is 3.09. The second-order valence-corrected chi connectivity index (χ2v) is 6.29. The van der Waals surface area contributed by atoms with E-state index >= 15 is 0 Å². The molecule has 25 heavy (non-hydrogen) atoms. The Morgan fingerprint density at radius 2 is 1.52 bits per heavy atom. The van der Waals surface area contributed by atoms with Gasteiger partial charge in [0.25, 0.3) is 0 Å². The Bertz CT molecular complexity index is 731. The fourth-order valence-electron chi connectivity index (χ4n) is 2.88. The Balaban J connectivity index is 1.59. The van der Waals surface area contributed by atoms with Crippen LogP contribution >= 0.6 is 11.6 Å². The minimum Gasteiger partial charge on any atom is -0.493 e. The molecule has 0 aromatic heterocycles. The van der Waals surface area contributed by atoms with Gasteiger partial charge in [-0.05, 0) is 23.8 Å². The van der Waals surface area contributed by atoms with E-state index in [0.717, 1.165) is 36.7 Å². The van der Waals surface area contributed by atoms with Crippen LogP contribution in [0.4, 0.5) is 0 Å². The van der Waals surface area contributed by atoms with Crippen molar-refractivity contribution in [3.05, 3.63) is 47.0 Å². The predicted octanol–water partition coefficient (Wildman–Crippen LogP) is 3.63. The number of ether oxygens (including phenoxy) is 4. The van der Waals surface area contributed by atoms with Crippen LogP contribution in [0.2, 0.25) is 5.02 Å². The van der Waals surface area contributed by atoms with E-state index in [2.05, 4.69) is 4.90 Å². The van der Waals surface area contributed by atoms with Crippen molar-refractivity contribution in [2.75, 3.05) is 34.4 Å². The average molecular weight is 364 g/mol. The van der Waals surface area contributed by atoms with Gasteiger partial charge in [0.05, 0.1) is 21.3 Å². The van der Waals surface area contributed by atoms with Gasteiger partial charge in [0.15, 0.2) is 23.0 Å². The highest BCUT2D eigenvalue weighted by atomic mass is 35.5. The van der Waals surface area contributed by atoms with Crippen LogP contribution < -0.4 is 18.9 Å². The smallest absolute Gasteiger partial charge is 0.162 e. The zero-order chi connectivity index (χ0) is 17.8. The molecule has 0 N–H and O–H groups in total. The molecule has 1 fully saturated rings. The number of nitrogens with zero attached hydrogens (tertiary/aromatic N) is 1. The number of hydrogen-bond acceptors (Lipinski definition) is 5. The molecule has 6 heteroatoms. The summed E-state index contributed by atoms with van der Waals surface area (Å²) in [6.45, 7) is 2.41. The molecule has 0 spiro atoms. The lowest BCUT2D eigenvalue weighted by Gasteiger charge is -2.39. The fraction of sp³-hybridized carbons (Fsp3) is 0.368. The lowest BCUT2D eigenvalue weighted by atomic mass is 10.1. The molecular weight excluding hydrogens is 342 g/mol. The summed E-state index contributed by atoms with van der Waals surface area (Å²) in [4.78, 5) is 2.27. The molecule has 134 valence electrons. The molecule has 3 rings (SSSR count). The largest absolute Gasteiger partial charge is 0.493 e. The first-order valence-electron chi connectivity index (χ1n) is 8.07. The van der Waals surface area contributed by atoms with E-state index in [9.17, 15) is 0 Å². The number of methoxy groups -OCH3 is 3. The van der Waals surface area contributed by atoms with Gasteiger partial charge in [0, 0.05) is 30.7 Å². The molecule has 1 saturated heterocycles. The summed E-state index contributed by atoms with van der Waals surface area (Å²) in [5.41, 5.74) is 1.01. The van der Waals surface area contributed by atoms with Crippen molar-refractivity contribution in [1.29, 1.82) is 0 Å². The Kier molecular flexibility index (Phi) is 5.56. The van der Waals surface area contributed by atoms with Crippen molar-refractivity contribution in [2.24, 2.45) is 0 Å². The number of likely N-dealkylation sites (tertiary alicyclic amines) is 1. The van der Waals surface area contributed by atoms with E-state index < -0.39 is 0 Å². The molecule has 5 nitrogen and oxygen atoms in total.